The number of hydrogen-bond donors (Lipinski definition) is 2. The van der Waals surface area contributed by atoms with Gasteiger partial charge in [-0.2, -0.15) is 0 Å². The van der Waals surface area contributed by atoms with Crippen LogP contribution in [0.1, 0.15) is 32.3 Å². The van der Waals surface area contributed by atoms with Crippen LogP contribution < -0.4 is 15.4 Å². The maximum absolute atomic E-state index is 13.0. The summed E-state index contributed by atoms with van der Waals surface area (Å²) in [5, 5.41) is 6.06. The third-order valence-electron chi connectivity index (χ3n) is 4.73. The number of hydrogen-bond acceptors (Lipinski definition) is 4. The molecular formula is C19H26ClN3O4. The van der Waals surface area contributed by atoms with Gasteiger partial charge in [0.15, 0.2) is 0 Å². The molecule has 0 aromatic heterocycles. The standard InChI is InChI=1S/C19H26ClN3O4/c1-4-15(5-2)22-19(26)23-11-17(24)21-10-13(18(23)25)8-12-9-14(20)6-7-16(12)27-3/h6-7,9,13,15H,4-5,8,10-11H2,1-3H3,(H,21,24)(H,22,26). The highest BCUT2D eigenvalue weighted by atomic mass is 35.5. The lowest BCUT2D eigenvalue weighted by Gasteiger charge is -2.24. The van der Waals surface area contributed by atoms with Gasteiger partial charge in [0.05, 0.1) is 13.0 Å². The third kappa shape index (κ3) is 5.35. The Morgan fingerprint density at radius 1 is 1.37 bits per heavy atom. The predicted molar refractivity (Wildman–Crippen MR) is 103 cm³/mol. The second-order valence-corrected chi connectivity index (χ2v) is 6.99. The van der Waals surface area contributed by atoms with E-state index >= 15 is 0 Å². The minimum atomic E-state index is -0.587. The molecule has 0 radical (unpaired) electrons. The molecule has 4 amide bonds. The fourth-order valence-electron chi connectivity index (χ4n) is 3.07. The zero-order valence-electron chi connectivity index (χ0n) is 15.9. The molecular weight excluding hydrogens is 370 g/mol. The summed E-state index contributed by atoms with van der Waals surface area (Å²) in [5.41, 5.74) is 0.750. The van der Waals surface area contributed by atoms with Gasteiger partial charge < -0.3 is 15.4 Å². The fourth-order valence-corrected chi connectivity index (χ4v) is 3.27. The number of carbonyl (C=O) groups excluding carboxylic acids is 3. The molecule has 1 aromatic rings. The average Bonchev–Trinajstić information content (AvgIpc) is 2.79. The first kappa shape index (κ1) is 21.0. The van der Waals surface area contributed by atoms with Crippen molar-refractivity contribution in [3.63, 3.8) is 0 Å². The van der Waals surface area contributed by atoms with Crippen LogP contribution in [0.2, 0.25) is 5.02 Å². The maximum Gasteiger partial charge on any atom is 0.324 e. The van der Waals surface area contributed by atoms with Gasteiger partial charge in [-0.1, -0.05) is 25.4 Å². The molecule has 7 nitrogen and oxygen atoms in total. The van der Waals surface area contributed by atoms with Gasteiger partial charge in [-0.3, -0.25) is 14.5 Å². The Morgan fingerprint density at radius 2 is 2.07 bits per heavy atom. The number of methoxy groups -OCH3 is 1. The number of amides is 4. The van der Waals surface area contributed by atoms with Gasteiger partial charge in [0.25, 0.3) is 0 Å². The van der Waals surface area contributed by atoms with E-state index in [-0.39, 0.29) is 30.9 Å². The van der Waals surface area contributed by atoms with Crippen LogP contribution in [0, 0.1) is 5.92 Å². The number of imide groups is 1. The molecule has 2 rings (SSSR count). The maximum atomic E-state index is 13.0. The van der Waals surface area contributed by atoms with Gasteiger partial charge in [-0.05, 0) is 43.0 Å². The van der Waals surface area contributed by atoms with Crippen molar-refractivity contribution in [1.29, 1.82) is 0 Å². The molecule has 1 unspecified atom stereocenters. The number of nitrogens with one attached hydrogen (secondary N) is 2. The minimum Gasteiger partial charge on any atom is -0.496 e. The molecule has 148 valence electrons. The van der Waals surface area contributed by atoms with Gasteiger partial charge in [0, 0.05) is 17.6 Å². The van der Waals surface area contributed by atoms with Crippen LogP contribution in [0.25, 0.3) is 0 Å². The van der Waals surface area contributed by atoms with Gasteiger partial charge in [0.2, 0.25) is 11.8 Å². The van der Waals surface area contributed by atoms with Crippen molar-refractivity contribution in [1.82, 2.24) is 15.5 Å². The normalized spacial score (nSPS) is 17.5. The van der Waals surface area contributed by atoms with Crippen LogP contribution in [0.15, 0.2) is 18.2 Å². The Morgan fingerprint density at radius 3 is 2.70 bits per heavy atom. The molecule has 1 atom stereocenters. The number of ether oxygens (including phenoxy) is 1. The molecule has 1 heterocycles. The molecule has 27 heavy (non-hydrogen) atoms. The first-order valence-corrected chi connectivity index (χ1v) is 9.48. The summed E-state index contributed by atoms with van der Waals surface area (Å²) in [6.45, 7) is 3.79. The molecule has 0 bridgehead atoms. The van der Waals surface area contributed by atoms with Crippen LogP contribution in [0.5, 0.6) is 5.75 Å². The van der Waals surface area contributed by atoms with E-state index in [1.165, 1.54) is 0 Å². The SMILES string of the molecule is CCC(CC)NC(=O)N1CC(=O)NCC(Cc2cc(Cl)ccc2OC)C1=O. The lowest BCUT2D eigenvalue weighted by atomic mass is 9.97. The Kier molecular flexibility index (Phi) is 7.47. The third-order valence-corrected chi connectivity index (χ3v) is 4.96. The molecule has 0 saturated carbocycles. The molecule has 1 aliphatic rings. The van der Waals surface area contributed by atoms with Crippen molar-refractivity contribution < 1.29 is 19.1 Å². The Labute approximate surface area is 164 Å². The van der Waals surface area contributed by atoms with E-state index in [0.29, 0.717) is 17.2 Å². The molecule has 1 aliphatic heterocycles. The van der Waals surface area contributed by atoms with E-state index in [2.05, 4.69) is 10.6 Å². The van der Waals surface area contributed by atoms with Gasteiger partial charge >= 0.3 is 6.03 Å². The molecule has 0 aliphatic carbocycles. The van der Waals surface area contributed by atoms with E-state index in [4.69, 9.17) is 16.3 Å². The number of halogens is 1. The first-order valence-electron chi connectivity index (χ1n) is 9.10. The summed E-state index contributed by atoms with van der Waals surface area (Å²) >= 11 is 6.07. The molecule has 2 N–H and O–H groups in total. The highest BCUT2D eigenvalue weighted by Crippen LogP contribution is 2.26. The molecule has 0 spiro atoms. The summed E-state index contributed by atoms with van der Waals surface area (Å²) in [4.78, 5) is 38.6. The zero-order valence-corrected chi connectivity index (χ0v) is 16.6. The van der Waals surface area contributed by atoms with Crippen LogP contribution in [-0.4, -0.2) is 49.0 Å². The van der Waals surface area contributed by atoms with Crippen LogP contribution in [0.3, 0.4) is 0 Å². The number of urea groups is 1. The average molecular weight is 396 g/mol. The second-order valence-electron chi connectivity index (χ2n) is 6.55. The monoisotopic (exact) mass is 395 g/mol. The lowest BCUT2D eigenvalue weighted by Crippen LogP contribution is -2.50. The van der Waals surface area contributed by atoms with Crippen LogP contribution >= 0.6 is 11.6 Å². The van der Waals surface area contributed by atoms with Crippen molar-refractivity contribution in [2.45, 2.75) is 39.2 Å². The summed E-state index contributed by atoms with van der Waals surface area (Å²) in [5.74, 6) is -0.727. The van der Waals surface area contributed by atoms with Gasteiger partial charge in [0.1, 0.15) is 12.3 Å². The van der Waals surface area contributed by atoms with Crippen molar-refractivity contribution in [3.05, 3.63) is 28.8 Å². The highest BCUT2D eigenvalue weighted by molar-refractivity contribution is 6.30. The molecule has 1 aromatic carbocycles. The van der Waals surface area contributed by atoms with Crippen LogP contribution in [-0.2, 0) is 16.0 Å². The number of nitrogens with zero attached hydrogens (tertiary/aromatic N) is 1. The summed E-state index contributed by atoms with van der Waals surface area (Å²) in [6.07, 6.45) is 1.80. The topological polar surface area (TPSA) is 87.7 Å². The van der Waals surface area contributed by atoms with Crippen LogP contribution in [0.4, 0.5) is 4.79 Å². The van der Waals surface area contributed by atoms with E-state index in [0.717, 1.165) is 23.3 Å². The van der Waals surface area contributed by atoms with E-state index in [9.17, 15) is 14.4 Å². The smallest absolute Gasteiger partial charge is 0.324 e. The van der Waals surface area contributed by atoms with E-state index < -0.39 is 11.9 Å². The van der Waals surface area contributed by atoms with Gasteiger partial charge in [-0.25, -0.2) is 4.79 Å². The van der Waals surface area contributed by atoms with Crippen molar-refractivity contribution in [3.8, 4) is 5.75 Å². The van der Waals surface area contributed by atoms with E-state index in [1.807, 2.05) is 13.8 Å². The first-order chi connectivity index (χ1) is 12.9. The molecule has 8 heteroatoms. The van der Waals surface area contributed by atoms with Crippen molar-refractivity contribution in [2.24, 2.45) is 5.92 Å². The number of carbonyl (C=O) groups is 3. The van der Waals surface area contributed by atoms with Crippen molar-refractivity contribution in [2.75, 3.05) is 20.2 Å². The summed E-state index contributed by atoms with van der Waals surface area (Å²) in [7, 11) is 1.54. The van der Waals surface area contributed by atoms with E-state index in [1.54, 1.807) is 25.3 Å². The summed E-state index contributed by atoms with van der Waals surface area (Å²) in [6, 6.07) is 4.59. The predicted octanol–water partition coefficient (Wildman–Crippen LogP) is 2.36. The highest BCUT2D eigenvalue weighted by Gasteiger charge is 2.34. The Balaban J connectivity index is 2.22. The minimum absolute atomic E-state index is 0.0388. The molecule has 1 saturated heterocycles. The van der Waals surface area contributed by atoms with Gasteiger partial charge in [-0.15, -0.1) is 0 Å². The number of rotatable bonds is 6. The Hall–Kier alpha value is -2.28. The lowest BCUT2D eigenvalue weighted by molar-refractivity contribution is -0.133. The Bertz CT molecular complexity index is 706. The summed E-state index contributed by atoms with van der Waals surface area (Å²) < 4.78 is 5.34. The second kappa shape index (κ2) is 9.60. The quantitative estimate of drug-likeness (QED) is 0.774. The molecule has 1 fully saturated rings. The fraction of sp³-hybridized carbons (Fsp3) is 0.526. The largest absolute Gasteiger partial charge is 0.496 e. The zero-order chi connectivity index (χ0) is 20.0. The number of benzene rings is 1. The van der Waals surface area contributed by atoms with Crippen molar-refractivity contribution >= 4 is 29.4 Å².